The van der Waals surface area contributed by atoms with Crippen LogP contribution in [0.1, 0.15) is 5.56 Å². The molecular weight excluding hydrogens is 186 g/mol. The first-order valence-corrected chi connectivity index (χ1v) is 4.15. The highest BCUT2D eigenvalue weighted by atomic mass is 16.5. The first-order chi connectivity index (χ1) is 6.65. The van der Waals surface area contributed by atoms with Gasteiger partial charge in [0, 0.05) is 13.2 Å². The van der Waals surface area contributed by atoms with Crippen molar-refractivity contribution in [3.63, 3.8) is 0 Å². The zero-order chi connectivity index (χ0) is 10.6. The van der Waals surface area contributed by atoms with Crippen molar-refractivity contribution >= 4 is 5.95 Å². The zero-order valence-electron chi connectivity index (χ0n) is 7.93. The summed E-state index contributed by atoms with van der Waals surface area (Å²) in [5.74, 6) is 0.168. The molecule has 0 radical (unpaired) electrons. The lowest BCUT2D eigenvalue weighted by molar-refractivity contribution is 0.0806. The van der Waals surface area contributed by atoms with Crippen LogP contribution in [-0.2, 0) is 18.4 Å². The van der Waals surface area contributed by atoms with E-state index in [4.69, 9.17) is 15.6 Å². The Balaban J connectivity index is 2.77. The SMILES string of the molecule is Cn1cc(COCCO)c(=O)nc1N. The molecule has 1 heterocycles. The second kappa shape index (κ2) is 4.73. The van der Waals surface area contributed by atoms with Crippen molar-refractivity contribution in [2.24, 2.45) is 7.05 Å². The van der Waals surface area contributed by atoms with E-state index in [0.29, 0.717) is 5.56 Å². The van der Waals surface area contributed by atoms with Gasteiger partial charge in [-0.3, -0.25) is 4.79 Å². The number of aromatic nitrogens is 2. The smallest absolute Gasteiger partial charge is 0.279 e. The third-order valence-electron chi connectivity index (χ3n) is 1.69. The van der Waals surface area contributed by atoms with E-state index in [1.807, 2.05) is 0 Å². The highest BCUT2D eigenvalue weighted by molar-refractivity contribution is 5.19. The van der Waals surface area contributed by atoms with Crippen molar-refractivity contribution in [2.75, 3.05) is 18.9 Å². The summed E-state index contributed by atoms with van der Waals surface area (Å²) >= 11 is 0. The molecule has 1 rings (SSSR count). The zero-order valence-corrected chi connectivity index (χ0v) is 7.93. The molecule has 1 aromatic heterocycles. The number of aryl methyl sites for hydroxylation is 1. The summed E-state index contributed by atoms with van der Waals surface area (Å²) in [5, 5.41) is 8.47. The number of aliphatic hydroxyl groups is 1. The first-order valence-electron chi connectivity index (χ1n) is 4.15. The predicted octanol–water partition coefficient (Wildman–Crippen LogP) is -1.13. The number of hydrogen-bond acceptors (Lipinski definition) is 5. The summed E-state index contributed by atoms with van der Waals surface area (Å²) in [6.45, 7) is 0.275. The summed E-state index contributed by atoms with van der Waals surface area (Å²) in [6, 6.07) is 0. The maximum atomic E-state index is 11.2. The van der Waals surface area contributed by atoms with E-state index in [0.717, 1.165) is 0 Å². The Morgan fingerprint density at radius 3 is 3.07 bits per heavy atom. The fourth-order valence-electron chi connectivity index (χ4n) is 0.956. The van der Waals surface area contributed by atoms with Crippen molar-refractivity contribution in [2.45, 2.75) is 6.61 Å². The van der Waals surface area contributed by atoms with Gasteiger partial charge in [-0.2, -0.15) is 4.98 Å². The number of ether oxygens (including phenoxy) is 1. The quantitative estimate of drug-likeness (QED) is 0.599. The van der Waals surface area contributed by atoms with E-state index in [-0.39, 0.29) is 25.8 Å². The molecule has 78 valence electrons. The topological polar surface area (TPSA) is 90.4 Å². The van der Waals surface area contributed by atoms with E-state index < -0.39 is 5.56 Å². The van der Waals surface area contributed by atoms with E-state index in [9.17, 15) is 4.79 Å². The molecular formula is C8H13N3O3. The number of aliphatic hydroxyl groups excluding tert-OH is 1. The molecule has 0 saturated carbocycles. The molecule has 0 bridgehead atoms. The number of hydrogen-bond donors (Lipinski definition) is 2. The van der Waals surface area contributed by atoms with E-state index in [1.165, 1.54) is 0 Å². The van der Waals surface area contributed by atoms with E-state index in [1.54, 1.807) is 17.8 Å². The maximum Gasteiger partial charge on any atom is 0.279 e. The number of nitrogens with zero attached hydrogens (tertiary/aromatic N) is 2. The molecule has 0 amide bonds. The molecule has 0 spiro atoms. The predicted molar refractivity (Wildman–Crippen MR) is 50.6 cm³/mol. The number of nitrogens with two attached hydrogens (primary N) is 1. The van der Waals surface area contributed by atoms with Gasteiger partial charge in [-0.25, -0.2) is 0 Å². The minimum absolute atomic E-state index is 0.0667. The van der Waals surface area contributed by atoms with Crippen LogP contribution >= 0.6 is 0 Å². The third-order valence-corrected chi connectivity index (χ3v) is 1.69. The van der Waals surface area contributed by atoms with Gasteiger partial charge in [0.25, 0.3) is 5.56 Å². The van der Waals surface area contributed by atoms with Crippen LogP contribution in [-0.4, -0.2) is 27.9 Å². The molecule has 0 unspecified atom stereocenters. The minimum atomic E-state index is -0.390. The molecule has 0 saturated heterocycles. The summed E-state index contributed by atoms with van der Waals surface area (Å²) in [5.41, 5.74) is 5.45. The van der Waals surface area contributed by atoms with Gasteiger partial charge in [0.2, 0.25) is 5.95 Å². The van der Waals surface area contributed by atoms with E-state index in [2.05, 4.69) is 4.98 Å². The van der Waals surface area contributed by atoms with Gasteiger partial charge in [0.1, 0.15) is 0 Å². The Kier molecular flexibility index (Phi) is 3.61. The Morgan fingerprint density at radius 2 is 2.43 bits per heavy atom. The normalized spacial score (nSPS) is 10.4. The average Bonchev–Trinajstić information content (AvgIpc) is 2.14. The lowest BCUT2D eigenvalue weighted by atomic mass is 10.3. The van der Waals surface area contributed by atoms with Crippen LogP contribution in [0, 0.1) is 0 Å². The molecule has 1 aromatic rings. The molecule has 14 heavy (non-hydrogen) atoms. The summed E-state index contributed by atoms with van der Waals surface area (Å²) in [4.78, 5) is 14.8. The summed E-state index contributed by atoms with van der Waals surface area (Å²) in [6.07, 6.45) is 1.57. The summed E-state index contributed by atoms with van der Waals surface area (Å²) in [7, 11) is 1.69. The van der Waals surface area contributed by atoms with Gasteiger partial charge in [-0.15, -0.1) is 0 Å². The van der Waals surface area contributed by atoms with Crippen LogP contribution in [0.3, 0.4) is 0 Å². The molecule has 6 nitrogen and oxygen atoms in total. The standard InChI is InChI=1S/C8H13N3O3/c1-11-4-6(5-14-3-2-12)7(13)10-8(11)9/h4,12H,2-3,5H2,1H3,(H2,9,10,13). The van der Waals surface area contributed by atoms with Crippen LogP contribution in [0.2, 0.25) is 0 Å². The number of anilines is 1. The molecule has 3 N–H and O–H groups in total. The Morgan fingerprint density at radius 1 is 1.71 bits per heavy atom. The van der Waals surface area contributed by atoms with Crippen LogP contribution < -0.4 is 11.3 Å². The lowest BCUT2D eigenvalue weighted by Crippen LogP contribution is -2.20. The summed E-state index contributed by atoms with van der Waals surface area (Å²) < 4.78 is 6.54. The fraction of sp³-hybridized carbons (Fsp3) is 0.500. The number of rotatable bonds is 4. The minimum Gasteiger partial charge on any atom is -0.394 e. The van der Waals surface area contributed by atoms with Crippen LogP contribution in [0.15, 0.2) is 11.0 Å². The first kappa shape index (κ1) is 10.7. The number of nitrogen functional groups attached to an aromatic ring is 1. The Bertz CT molecular complexity index is 361. The van der Waals surface area contributed by atoms with Crippen molar-refractivity contribution in [3.8, 4) is 0 Å². The average molecular weight is 199 g/mol. The highest BCUT2D eigenvalue weighted by Crippen LogP contribution is 1.97. The highest BCUT2D eigenvalue weighted by Gasteiger charge is 2.03. The van der Waals surface area contributed by atoms with Crippen molar-refractivity contribution < 1.29 is 9.84 Å². The van der Waals surface area contributed by atoms with Crippen LogP contribution in [0.4, 0.5) is 5.95 Å². The van der Waals surface area contributed by atoms with Crippen molar-refractivity contribution in [1.29, 1.82) is 0 Å². The van der Waals surface area contributed by atoms with Gasteiger partial charge < -0.3 is 20.1 Å². The second-order valence-corrected chi connectivity index (χ2v) is 2.82. The third kappa shape index (κ3) is 2.54. The van der Waals surface area contributed by atoms with Crippen LogP contribution in [0.5, 0.6) is 0 Å². The molecule has 6 heteroatoms. The maximum absolute atomic E-state index is 11.2. The fourth-order valence-corrected chi connectivity index (χ4v) is 0.956. The van der Waals surface area contributed by atoms with Gasteiger partial charge >= 0.3 is 0 Å². The van der Waals surface area contributed by atoms with Gasteiger partial charge in [0.05, 0.1) is 25.4 Å². The molecule has 0 aromatic carbocycles. The van der Waals surface area contributed by atoms with Gasteiger partial charge in [-0.05, 0) is 0 Å². The van der Waals surface area contributed by atoms with Crippen molar-refractivity contribution in [1.82, 2.24) is 9.55 Å². The molecule has 0 atom stereocenters. The second-order valence-electron chi connectivity index (χ2n) is 2.82. The Labute approximate surface area is 80.9 Å². The monoisotopic (exact) mass is 199 g/mol. The van der Waals surface area contributed by atoms with Crippen molar-refractivity contribution in [3.05, 3.63) is 22.1 Å². The Hall–Kier alpha value is -1.40. The van der Waals surface area contributed by atoms with Gasteiger partial charge in [-0.1, -0.05) is 0 Å². The lowest BCUT2D eigenvalue weighted by Gasteiger charge is -2.05. The molecule has 0 aliphatic heterocycles. The molecule has 0 aliphatic rings. The van der Waals surface area contributed by atoms with Crippen LogP contribution in [0.25, 0.3) is 0 Å². The van der Waals surface area contributed by atoms with Gasteiger partial charge in [0.15, 0.2) is 0 Å². The molecule has 0 aliphatic carbocycles. The molecule has 0 fully saturated rings. The van der Waals surface area contributed by atoms with E-state index >= 15 is 0 Å². The largest absolute Gasteiger partial charge is 0.394 e.